The average molecular weight is 548 g/mol. The highest BCUT2D eigenvalue weighted by molar-refractivity contribution is 6.32. The maximum Gasteiger partial charge on any atom is 0.185 e. The maximum atomic E-state index is 14.6. The number of nitrogens with zero attached hydrogens (tertiary/aromatic N) is 1. The zero-order chi connectivity index (χ0) is 27.8. The third-order valence-corrected chi connectivity index (χ3v) is 8.83. The molecule has 0 aromatic heterocycles. The van der Waals surface area contributed by atoms with Crippen LogP contribution in [0.1, 0.15) is 53.7 Å². The van der Waals surface area contributed by atoms with Gasteiger partial charge in [0.15, 0.2) is 17.3 Å². The summed E-state index contributed by atoms with van der Waals surface area (Å²) in [6.07, 6.45) is 3.72. The van der Waals surface area contributed by atoms with Gasteiger partial charge >= 0.3 is 0 Å². The molecule has 3 aliphatic rings. The molecule has 0 unspecified atom stereocenters. The minimum Gasteiger partial charge on any atom is -0.352 e. The van der Waals surface area contributed by atoms with Gasteiger partial charge in [-0.15, -0.1) is 0 Å². The molecule has 1 aliphatic carbocycles. The molecule has 1 saturated heterocycles. The van der Waals surface area contributed by atoms with Gasteiger partial charge in [-0.05, 0) is 48.4 Å². The number of aryl methyl sites for hydroxylation is 1. The van der Waals surface area contributed by atoms with E-state index in [0.29, 0.717) is 33.0 Å². The Morgan fingerprint density at radius 1 is 0.875 bits per heavy atom. The molecule has 2 heterocycles. The van der Waals surface area contributed by atoms with E-state index in [1.54, 1.807) is 54.6 Å². The number of fused-ring (bicyclic) bond motifs is 5. The average Bonchev–Trinajstić information content (AvgIpc) is 3.39. The number of carbonyl (C=O) groups excluding carboxylic acids is 3. The molecule has 4 aromatic carbocycles. The van der Waals surface area contributed by atoms with Gasteiger partial charge in [0.1, 0.15) is 17.3 Å². The van der Waals surface area contributed by atoms with Crippen LogP contribution in [0.4, 0.5) is 10.1 Å². The molecule has 1 fully saturated rings. The lowest BCUT2D eigenvalue weighted by atomic mass is 9.64. The molecule has 0 N–H and O–H groups in total. The molecule has 6 heteroatoms. The number of hydrogen-bond donors (Lipinski definition) is 0. The number of carbonyl (C=O) groups is 3. The minimum absolute atomic E-state index is 0.219. The van der Waals surface area contributed by atoms with E-state index >= 15 is 0 Å². The number of hydrogen-bond acceptors (Lipinski definition) is 4. The first kappa shape index (κ1) is 24.7. The standard InChI is InChI=1S/C34H23ClFNO3/c1-19-6-8-21(9-7-19)31(38)30-29(20-10-14-24(36)15-11-20)34(32(39)25-4-2-3-5-26(25)33(34)40)28-17-12-22-18-23(35)13-16-27(22)37(28)30/h2-18,28-30H,1H3/t28-,29+,30-/m1/s1. The van der Waals surface area contributed by atoms with E-state index in [1.165, 1.54) is 12.1 Å². The molecule has 3 atom stereocenters. The number of ketones is 3. The van der Waals surface area contributed by atoms with Crippen molar-refractivity contribution in [2.75, 3.05) is 4.90 Å². The number of rotatable bonds is 3. The quantitative estimate of drug-likeness (QED) is 0.203. The molecule has 0 amide bonds. The zero-order valence-electron chi connectivity index (χ0n) is 21.5. The third-order valence-electron chi connectivity index (χ3n) is 8.60. The van der Waals surface area contributed by atoms with Crippen molar-refractivity contribution >= 4 is 40.7 Å². The van der Waals surface area contributed by atoms with Crippen LogP contribution in [0.5, 0.6) is 0 Å². The van der Waals surface area contributed by atoms with Crippen LogP contribution >= 0.6 is 11.6 Å². The highest BCUT2D eigenvalue weighted by atomic mass is 35.5. The van der Waals surface area contributed by atoms with Crippen LogP contribution in [-0.4, -0.2) is 29.4 Å². The van der Waals surface area contributed by atoms with E-state index in [1.807, 2.05) is 48.2 Å². The van der Waals surface area contributed by atoms with Crippen LogP contribution in [0, 0.1) is 18.2 Å². The van der Waals surface area contributed by atoms with Gasteiger partial charge in [0, 0.05) is 33.3 Å². The van der Waals surface area contributed by atoms with Gasteiger partial charge < -0.3 is 4.90 Å². The summed E-state index contributed by atoms with van der Waals surface area (Å²) in [6, 6.07) is 23.6. The van der Waals surface area contributed by atoms with Gasteiger partial charge in [-0.2, -0.15) is 0 Å². The molecule has 7 rings (SSSR count). The van der Waals surface area contributed by atoms with Crippen molar-refractivity contribution in [3.8, 4) is 0 Å². The Balaban J connectivity index is 1.54. The fraction of sp³-hybridized carbons (Fsp3) is 0.147. The predicted molar refractivity (Wildman–Crippen MR) is 153 cm³/mol. The van der Waals surface area contributed by atoms with E-state index in [4.69, 9.17) is 11.6 Å². The molecular formula is C34H23ClFNO3. The van der Waals surface area contributed by atoms with E-state index in [9.17, 15) is 18.8 Å². The monoisotopic (exact) mass is 547 g/mol. The summed E-state index contributed by atoms with van der Waals surface area (Å²) < 4.78 is 14.2. The summed E-state index contributed by atoms with van der Waals surface area (Å²) in [6.45, 7) is 1.94. The van der Waals surface area contributed by atoms with Crippen molar-refractivity contribution in [1.82, 2.24) is 0 Å². The van der Waals surface area contributed by atoms with Gasteiger partial charge in [0.2, 0.25) is 0 Å². The zero-order valence-corrected chi connectivity index (χ0v) is 22.2. The molecule has 0 radical (unpaired) electrons. The first-order chi connectivity index (χ1) is 19.3. The second-order valence-corrected chi connectivity index (χ2v) is 11.1. The van der Waals surface area contributed by atoms with Gasteiger partial charge in [-0.3, -0.25) is 14.4 Å². The SMILES string of the molecule is Cc1ccc(C(=O)[C@H]2[C@H](c3ccc(F)cc3)C3(C(=O)c4ccccc4C3=O)[C@H]3C=Cc4cc(Cl)ccc4N23)cc1. The van der Waals surface area contributed by atoms with Crippen molar-refractivity contribution in [2.24, 2.45) is 5.41 Å². The summed E-state index contributed by atoms with van der Waals surface area (Å²) in [7, 11) is 0. The second-order valence-electron chi connectivity index (χ2n) is 10.7. The molecular weight excluding hydrogens is 525 g/mol. The first-order valence-corrected chi connectivity index (χ1v) is 13.5. The van der Waals surface area contributed by atoms with Crippen molar-refractivity contribution in [3.63, 3.8) is 0 Å². The van der Waals surface area contributed by atoms with Crippen LogP contribution in [-0.2, 0) is 0 Å². The number of benzene rings is 4. The van der Waals surface area contributed by atoms with Gasteiger partial charge in [-0.25, -0.2) is 4.39 Å². The van der Waals surface area contributed by atoms with E-state index in [2.05, 4.69) is 0 Å². The topological polar surface area (TPSA) is 54.5 Å². The summed E-state index contributed by atoms with van der Waals surface area (Å²) >= 11 is 6.33. The van der Waals surface area contributed by atoms with Gasteiger partial charge in [0.05, 0.1) is 6.04 Å². The van der Waals surface area contributed by atoms with Crippen molar-refractivity contribution in [2.45, 2.75) is 24.9 Å². The Hall–Kier alpha value is -4.35. The molecule has 4 nitrogen and oxygen atoms in total. The molecule has 196 valence electrons. The summed E-state index contributed by atoms with van der Waals surface area (Å²) in [5.41, 5.74) is 2.60. The molecule has 4 aromatic rings. The minimum atomic E-state index is -1.62. The van der Waals surface area contributed by atoms with Crippen LogP contribution in [0.3, 0.4) is 0 Å². The second kappa shape index (κ2) is 8.83. The number of anilines is 1. The Morgan fingerprint density at radius 3 is 2.17 bits per heavy atom. The highest BCUT2D eigenvalue weighted by Gasteiger charge is 2.71. The Labute approximate surface area is 235 Å². The predicted octanol–water partition coefficient (Wildman–Crippen LogP) is 7.10. The van der Waals surface area contributed by atoms with Crippen molar-refractivity contribution in [3.05, 3.63) is 141 Å². The molecule has 0 saturated carbocycles. The Bertz CT molecular complexity index is 1720. The smallest absolute Gasteiger partial charge is 0.185 e. The largest absolute Gasteiger partial charge is 0.352 e. The molecule has 2 aliphatic heterocycles. The lowest BCUT2D eigenvalue weighted by Crippen LogP contribution is -2.48. The number of Topliss-reactive ketones (excluding diaryl/α,β-unsaturated/α-hetero) is 3. The third kappa shape index (κ3) is 3.28. The Morgan fingerprint density at radius 2 is 1.52 bits per heavy atom. The Kier molecular flexibility index (Phi) is 5.45. The highest BCUT2D eigenvalue weighted by Crippen LogP contribution is 2.61. The van der Waals surface area contributed by atoms with Crippen LogP contribution in [0.25, 0.3) is 6.08 Å². The van der Waals surface area contributed by atoms with Crippen LogP contribution in [0.2, 0.25) is 5.02 Å². The normalized spacial score (nSPS) is 21.9. The lowest BCUT2D eigenvalue weighted by molar-refractivity contribution is 0.0666. The fourth-order valence-electron chi connectivity index (χ4n) is 6.88. The van der Waals surface area contributed by atoms with Gasteiger partial charge in [0.25, 0.3) is 0 Å². The van der Waals surface area contributed by atoms with Crippen molar-refractivity contribution in [1.29, 1.82) is 0 Å². The van der Waals surface area contributed by atoms with Gasteiger partial charge in [-0.1, -0.05) is 90.0 Å². The summed E-state index contributed by atoms with van der Waals surface area (Å²) in [4.78, 5) is 45.6. The summed E-state index contributed by atoms with van der Waals surface area (Å²) in [5.74, 6) is -2.19. The number of halogens is 2. The molecule has 0 bridgehead atoms. The van der Waals surface area contributed by atoms with E-state index in [0.717, 1.165) is 11.1 Å². The van der Waals surface area contributed by atoms with Crippen molar-refractivity contribution < 1.29 is 18.8 Å². The van der Waals surface area contributed by atoms with Crippen LogP contribution in [0.15, 0.2) is 97.1 Å². The lowest BCUT2D eigenvalue weighted by Gasteiger charge is -2.37. The molecule has 1 spiro atoms. The summed E-state index contributed by atoms with van der Waals surface area (Å²) in [5, 5.41) is 0.535. The first-order valence-electron chi connectivity index (χ1n) is 13.1. The van der Waals surface area contributed by atoms with Crippen LogP contribution < -0.4 is 4.90 Å². The van der Waals surface area contributed by atoms with E-state index < -0.39 is 29.2 Å². The molecule has 40 heavy (non-hydrogen) atoms. The van der Waals surface area contributed by atoms with E-state index in [-0.39, 0.29) is 17.3 Å². The maximum absolute atomic E-state index is 14.6. The fourth-order valence-corrected chi connectivity index (χ4v) is 7.06.